The Morgan fingerprint density at radius 3 is 2.24 bits per heavy atom. The molecule has 0 aliphatic rings. The third-order valence-electron chi connectivity index (χ3n) is 3.53. The molecule has 0 atom stereocenters. The minimum atomic E-state index is -3.04. The van der Waals surface area contributed by atoms with Gasteiger partial charge in [-0.2, -0.15) is 5.10 Å². The molecule has 0 aliphatic carbocycles. The summed E-state index contributed by atoms with van der Waals surface area (Å²) in [6.45, 7) is 7.96. The molecule has 21 heavy (non-hydrogen) atoms. The summed E-state index contributed by atoms with van der Waals surface area (Å²) in [6, 6.07) is 0. The molecule has 0 radical (unpaired) electrons. The number of sulfone groups is 1. The largest absolute Gasteiger partial charge is 0.294 e. The molecule has 1 aromatic heterocycles. The number of hydrogen-bond acceptors (Lipinski definition) is 4. The average Bonchev–Trinajstić information content (AvgIpc) is 2.82. The minimum absolute atomic E-state index is 0.0818. The molecule has 0 saturated carbocycles. The zero-order valence-corrected chi connectivity index (χ0v) is 14.3. The van der Waals surface area contributed by atoms with Crippen LogP contribution in [0, 0.1) is 0 Å². The highest BCUT2D eigenvalue weighted by molar-refractivity contribution is 7.91. The van der Waals surface area contributed by atoms with Crippen LogP contribution in [0.4, 0.5) is 0 Å². The van der Waals surface area contributed by atoms with Crippen molar-refractivity contribution in [2.24, 2.45) is 0 Å². The standard InChI is InChI=1S/C15H26N2O3S/c1-5-10-21(19,20)11-9-17-13(7-3)15(14(18)8-4)12(6-2)16-17/h5-11H2,1-4H3. The third kappa shape index (κ3) is 4.40. The van der Waals surface area contributed by atoms with Crippen LogP contribution in [-0.2, 0) is 29.2 Å². The molecule has 1 heterocycles. The monoisotopic (exact) mass is 314 g/mol. The van der Waals surface area contributed by atoms with Crippen molar-refractivity contribution in [2.45, 2.75) is 59.9 Å². The molecule has 0 spiro atoms. The van der Waals surface area contributed by atoms with E-state index in [2.05, 4.69) is 5.10 Å². The van der Waals surface area contributed by atoms with Crippen molar-refractivity contribution in [1.82, 2.24) is 9.78 Å². The topological polar surface area (TPSA) is 69.0 Å². The summed E-state index contributed by atoms with van der Waals surface area (Å²) in [5, 5.41) is 4.46. The molecule has 0 N–H and O–H groups in total. The van der Waals surface area contributed by atoms with Gasteiger partial charge >= 0.3 is 0 Å². The van der Waals surface area contributed by atoms with Crippen molar-refractivity contribution in [1.29, 1.82) is 0 Å². The van der Waals surface area contributed by atoms with E-state index in [0.29, 0.717) is 37.8 Å². The van der Waals surface area contributed by atoms with Crippen LogP contribution < -0.4 is 0 Å². The van der Waals surface area contributed by atoms with Gasteiger partial charge in [-0.15, -0.1) is 0 Å². The SMILES string of the molecule is CCCS(=O)(=O)CCn1nc(CC)c(C(=O)CC)c1CC. The fraction of sp³-hybridized carbons (Fsp3) is 0.733. The van der Waals surface area contributed by atoms with Crippen LogP contribution >= 0.6 is 0 Å². The minimum Gasteiger partial charge on any atom is -0.294 e. The molecule has 1 rings (SSSR count). The molecular formula is C15H26N2O3S. The molecule has 0 fully saturated rings. The van der Waals surface area contributed by atoms with Crippen molar-refractivity contribution < 1.29 is 13.2 Å². The molecule has 1 aromatic rings. The fourth-order valence-electron chi connectivity index (χ4n) is 2.48. The van der Waals surface area contributed by atoms with Gasteiger partial charge in [0.2, 0.25) is 0 Å². The Labute approximate surface area is 127 Å². The molecule has 0 unspecified atom stereocenters. The predicted octanol–water partition coefficient (Wildman–Crippen LogP) is 2.43. The molecule has 6 heteroatoms. The van der Waals surface area contributed by atoms with E-state index in [1.165, 1.54) is 0 Å². The highest BCUT2D eigenvalue weighted by atomic mass is 32.2. The van der Waals surface area contributed by atoms with Crippen molar-refractivity contribution >= 4 is 15.6 Å². The van der Waals surface area contributed by atoms with Gasteiger partial charge in [0.1, 0.15) is 0 Å². The number of carbonyl (C=O) groups excluding carboxylic acids is 1. The fourth-order valence-corrected chi connectivity index (χ4v) is 3.76. The lowest BCUT2D eigenvalue weighted by Gasteiger charge is -2.07. The number of hydrogen-bond donors (Lipinski definition) is 0. The molecule has 5 nitrogen and oxygen atoms in total. The third-order valence-corrected chi connectivity index (χ3v) is 5.36. The van der Waals surface area contributed by atoms with E-state index in [4.69, 9.17) is 0 Å². The van der Waals surface area contributed by atoms with Crippen LogP contribution in [0.2, 0.25) is 0 Å². The van der Waals surface area contributed by atoms with E-state index in [0.717, 1.165) is 11.4 Å². The number of ketones is 1. The second kappa shape index (κ2) is 7.73. The van der Waals surface area contributed by atoms with Crippen molar-refractivity contribution in [3.05, 3.63) is 17.0 Å². The smallest absolute Gasteiger partial charge is 0.166 e. The van der Waals surface area contributed by atoms with Gasteiger partial charge in [0.25, 0.3) is 0 Å². The Balaban J connectivity index is 3.08. The second-order valence-electron chi connectivity index (χ2n) is 5.13. The molecule has 0 saturated heterocycles. The lowest BCUT2D eigenvalue weighted by atomic mass is 10.0. The Morgan fingerprint density at radius 1 is 1.10 bits per heavy atom. The van der Waals surface area contributed by atoms with Gasteiger partial charge in [0.05, 0.1) is 23.6 Å². The van der Waals surface area contributed by atoms with Crippen molar-refractivity contribution in [2.75, 3.05) is 11.5 Å². The first-order valence-corrected chi connectivity index (χ1v) is 9.54. The maximum Gasteiger partial charge on any atom is 0.166 e. The second-order valence-corrected chi connectivity index (χ2v) is 7.43. The Morgan fingerprint density at radius 2 is 1.76 bits per heavy atom. The molecule has 0 aromatic carbocycles. The van der Waals surface area contributed by atoms with E-state index < -0.39 is 9.84 Å². The number of Topliss-reactive ketones (excluding diaryl/α,β-unsaturated/α-hetero) is 1. The van der Waals surface area contributed by atoms with Gasteiger partial charge < -0.3 is 0 Å². The first-order chi connectivity index (χ1) is 9.90. The van der Waals surface area contributed by atoms with Crippen LogP contribution in [0.1, 0.15) is 62.3 Å². The summed E-state index contributed by atoms with van der Waals surface area (Å²) >= 11 is 0. The highest BCUT2D eigenvalue weighted by Crippen LogP contribution is 2.18. The molecule has 0 aliphatic heterocycles. The van der Waals surface area contributed by atoms with Crippen LogP contribution in [0.3, 0.4) is 0 Å². The predicted molar refractivity (Wildman–Crippen MR) is 84.5 cm³/mol. The maximum atomic E-state index is 12.1. The lowest BCUT2D eigenvalue weighted by molar-refractivity contribution is 0.0986. The highest BCUT2D eigenvalue weighted by Gasteiger charge is 2.21. The number of aromatic nitrogens is 2. The van der Waals surface area contributed by atoms with Crippen molar-refractivity contribution in [3.63, 3.8) is 0 Å². The van der Waals surface area contributed by atoms with Crippen LogP contribution in [0.25, 0.3) is 0 Å². The number of nitrogens with zero attached hydrogens (tertiary/aromatic N) is 2. The van der Waals surface area contributed by atoms with Crippen molar-refractivity contribution in [3.8, 4) is 0 Å². The summed E-state index contributed by atoms with van der Waals surface area (Å²) in [5.74, 6) is 0.376. The summed E-state index contributed by atoms with van der Waals surface area (Å²) in [5.41, 5.74) is 2.35. The van der Waals surface area contributed by atoms with E-state index >= 15 is 0 Å². The molecule has 120 valence electrons. The van der Waals surface area contributed by atoms with E-state index in [1.54, 1.807) is 4.68 Å². The number of rotatable bonds is 9. The van der Waals surface area contributed by atoms with Gasteiger partial charge in [0.15, 0.2) is 15.6 Å². The summed E-state index contributed by atoms with van der Waals surface area (Å²) in [7, 11) is -3.04. The zero-order valence-electron chi connectivity index (χ0n) is 13.5. The first kappa shape index (κ1) is 17.9. The van der Waals surface area contributed by atoms with Crippen LogP contribution in [-0.4, -0.2) is 35.5 Å². The molecular weight excluding hydrogens is 288 g/mol. The Hall–Kier alpha value is -1.17. The molecule has 0 amide bonds. The quantitative estimate of drug-likeness (QED) is 0.656. The zero-order chi connectivity index (χ0) is 16.0. The average molecular weight is 314 g/mol. The maximum absolute atomic E-state index is 12.1. The van der Waals surface area contributed by atoms with E-state index in [-0.39, 0.29) is 17.3 Å². The van der Waals surface area contributed by atoms with Gasteiger partial charge in [-0.25, -0.2) is 8.42 Å². The van der Waals surface area contributed by atoms with Gasteiger partial charge in [-0.1, -0.05) is 27.7 Å². The number of aryl methyl sites for hydroxylation is 2. The molecule has 0 bridgehead atoms. The first-order valence-electron chi connectivity index (χ1n) is 7.72. The van der Waals surface area contributed by atoms with E-state index in [1.807, 2.05) is 27.7 Å². The Kier molecular flexibility index (Phi) is 6.58. The Bertz CT molecular complexity index is 588. The summed E-state index contributed by atoms with van der Waals surface area (Å²) in [4.78, 5) is 12.1. The lowest BCUT2D eigenvalue weighted by Crippen LogP contribution is -2.18. The summed E-state index contributed by atoms with van der Waals surface area (Å²) in [6.07, 6.45) is 2.44. The van der Waals surface area contributed by atoms with Gasteiger partial charge in [-0.05, 0) is 19.3 Å². The van der Waals surface area contributed by atoms with Crippen LogP contribution in [0.15, 0.2) is 0 Å². The van der Waals surface area contributed by atoms with Gasteiger partial charge in [0, 0.05) is 17.9 Å². The van der Waals surface area contributed by atoms with E-state index in [9.17, 15) is 13.2 Å². The normalized spacial score (nSPS) is 11.8. The summed E-state index contributed by atoms with van der Waals surface area (Å²) < 4.78 is 25.4. The van der Waals surface area contributed by atoms with Gasteiger partial charge in [-0.3, -0.25) is 9.48 Å². The van der Waals surface area contributed by atoms with Crippen LogP contribution in [0.5, 0.6) is 0 Å². The number of carbonyl (C=O) groups is 1.